The number of piperidine rings is 1. The monoisotopic (exact) mass is 268 g/mol. The SMILES string of the molecule is CC1CC(C)CN(C(=O)N[C@H]2CC[C@@H](C(=O)O)C2)C1. The number of nitrogens with zero attached hydrogens (tertiary/aromatic N) is 1. The number of urea groups is 1. The van der Waals surface area contributed by atoms with Crippen LogP contribution in [0.25, 0.3) is 0 Å². The first-order valence-electron chi connectivity index (χ1n) is 7.24. The number of likely N-dealkylation sites (tertiary alicyclic amines) is 1. The summed E-state index contributed by atoms with van der Waals surface area (Å²) in [6.45, 7) is 5.97. The Morgan fingerprint density at radius 2 is 1.74 bits per heavy atom. The number of rotatable bonds is 2. The maximum Gasteiger partial charge on any atom is 0.317 e. The van der Waals surface area contributed by atoms with Crippen molar-refractivity contribution in [3.05, 3.63) is 0 Å². The van der Waals surface area contributed by atoms with E-state index < -0.39 is 5.97 Å². The summed E-state index contributed by atoms with van der Waals surface area (Å²) in [6, 6.07) is 0.00979. The number of hydrogen-bond donors (Lipinski definition) is 2. The molecule has 1 aliphatic carbocycles. The molecular weight excluding hydrogens is 244 g/mol. The molecular formula is C14H24N2O3. The summed E-state index contributed by atoms with van der Waals surface area (Å²) in [6.07, 6.45) is 3.20. The lowest BCUT2D eigenvalue weighted by Crippen LogP contribution is -2.49. The van der Waals surface area contributed by atoms with Crippen molar-refractivity contribution in [1.29, 1.82) is 0 Å². The third kappa shape index (κ3) is 3.61. The van der Waals surface area contributed by atoms with Crippen LogP contribution in [-0.2, 0) is 4.79 Å². The van der Waals surface area contributed by atoms with Gasteiger partial charge in [0, 0.05) is 19.1 Å². The number of amides is 2. The molecule has 4 atom stereocenters. The van der Waals surface area contributed by atoms with Gasteiger partial charge in [-0.05, 0) is 37.5 Å². The fraction of sp³-hybridized carbons (Fsp3) is 0.857. The van der Waals surface area contributed by atoms with E-state index in [0.29, 0.717) is 24.7 Å². The maximum atomic E-state index is 12.2. The molecule has 2 fully saturated rings. The van der Waals surface area contributed by atoms with Gasteiger partial charge in [-0.25, -0.2) is 4.79 Å². The molecule has 2 N–H and O–H groups in total. The van der Waals surface area contributed by atoms with E-state index in [4.69, 9.17) is 5.11 Å². The molecule has 5 heteroatoms. The lowest BCUT2D eigenvalue weighted by Gasteiger charge is -2.35. The highest BCUT2D eigenvalue weighted by Crippen LogP contribution is 2.26. The molecule has 0 aromatic carbocycles. The Hall–Kier alpha value is -1.26. The summed E-state index contributed by atoms with van der Waals surface area (Å²) in [5.41, 5.74) is 0. The number of carbonyl (C=O) groups is 2. The first kappa shape index (κ1) is 14.2. The van der Waals surface area contributed by atoms with Gasteiger partial charge < -0.3 is 15.3 Å². The van der Waals surface area contributed by atoms with Crippen molar-refractivity contribution in [1.82, 2.24) is 10.2 Å². The van der Waals surface area contributed by atoms with Crippen LogP contribution in [0.5, 0.6) is 0 Å². The van der Waals surface area contributed by atoms with Gasteiger partial charge in [-0.1, -0.05) is 13.8 Å². The summed E-state index contributed by atoms with van der Waals surface area (Å²) in [7, 11) is 0. The van der Waals surface area contributed by atoms with E-state index in [1.807, 2.05) is 4.90 Å². The van der Waals surface area contributed by atoms with E-state index >= 15 is 0 Å². The number of hydrogen-bond acceptors (Lipinski definition) is 2. The number of carbonyl (C=O) groups excluding carboxylic acids is 1. The summed E-state index contributed by atoms with van der Waals surface area (Å²) in [5.74, 6) is 0.0659. The molecule has 0 spiro atoms. The van der Waals surface area contributed by atoms with Crippen molar-refractivity contribution in [2.75, 3.05) is 13.1 Å². The van der Waals surface area contributed by atoms with Crippen LogP contribution < -0.4 is 5.32 Å². The Morgan fingerprint density at radius 1 is 1.11 bits per heavy atom. The predicted molar refractivity (Wildman–Crippen MR) is 71.8 cm³/mol. The van der Waals surface area contributed by atoms with Crippen LogP contribution in [0.4, 0.5) is 4.79 Å². The van der Waals surface area contributed by atoms with Gasteiger partial charge in [0.05, 0.1) is 5.92 Å². The summed E-state index contributed by atoms with van der Waals surface area (Å²) < 4.78 is 0. The Bertz CT molecular complexity index is 349. The normalized spacial score (nSPS) is 35.2. The largest absolute Gasteiger partial charge is 0.481 e. The second-order valence-electron chi connectivity index (χ2n) is 6.35. The van der Waals surface area contributed by atoms with Crippen LogP contribution in [0.15, 0.2) is 0 Å². The molecule has 0 bridgehead atoms. The molecule has 0 aromatic rings. The van der Waals surface area contributed by atoms with E-state index in [9.17, 15) is 9.59 Å². The molecule has 0 aromatic heterocycles. The number of carboxylic acids is 1. The van der Waals surface area contributed by atoms with Crippen LogP contribution in [0.2, 0.25) is 0 Å². The standard InChI is InChI=1S/C14H24N2O3/c1-9-5-10(2)8-16(7-9)14(19)15-12-4-3-11(6-12)13(17)18/h9-12H,3-8H2,1-2H3,(H,15,19)(H,17,18)/t9?,10?,11-,12+/m1/s1. The third-order valence-corrected chi connectivity index (χ3v) is 4.27. The lowest BCUT2D eigenvalue weighted by molar-refractivity contribution is -0.141. The second-order valence-corrected chi connectivity index (χ2v) is 6.35. The fourth-order valence-electron chi connectivity index (χ4n) is 3.43. The van der Waals surface area contributed by atoms with Gasteiger partial charge in [-0.15, -0.1) is 0 Å². The zero-order chi connectivity index (χ0) is 14.0. The van der Waals surface area contributed by atoms with Crippen molar-refractivity contribution in [3.63, 3.8) is 0 Å². The van der Waals surface area contributed by atoms with E-state index in [2.05, 4.69) is 19.2 Å². The van der Waals surface area contributed by atoms with Gasteiger partial charge in [0.2, 0.25) is 0 Å². The zero-order valence-electron chi connectivity index (χ0n) is 11.8. The van der Waals surface area contributed by atoms with E-state index in [-0.39, 0.29) is 18.0 Å². The summed E-state index contributed by atoms with van der Waals surface area (Å²) in [4.78, 5) is 25.0. The predicted octanol–water partition coefficient (Wildman–Crippen LogP) is 1.93. The molecule has 2 amide bonds. The highest BCUT2D eigenvalue weighted by Gasteiger charge is 2.32. The first-order chi connectivity index (χ1) is 8.95. The van der Waals surface area contributed by atoms with E-state index in [0.717, 1.165) is 19.5 Å². The van der Waals surface area contributed by atoms with Crippen LogP contribution in [0.1, 0.15) is 39.5 Å². The molecule has 2 unspecified atom stereocenters. The second kappa shape index (κ2) is 5.80. The molecule has 0 radical (unpaired) electrons. The maximum absolute atomic E-state index is 12.2. The summed E-state index contributed by atoms with van der Waals surface area (Å²) >= 11 is 0. The molecule has 1 saturated carbocycles. The smallest absolute Gasteiger partial charge is 0.317 e. The molecule has 1 heterocycles. The summed E-state index contributed by atoms with van der Waals surface area (Å²) in [5, 5.41) is 12.0. The molecule has 2 aliphatic rings. The van der Waals surface area contributed by atoms with Crippen molar-refractivity contribution >= 4 is 12.0 Å². The van der Waals surface area contributed by atoms with Gasteiger partial charge in [-0.3, -0.25) is 4.79 Å². The number of nitrogens with one attached hydrogen (secondary N) is 1. The van der Waals surface area contributed by atoms with Crippen LogP contribution >= 0.6 is 0 Å². The Morgan fingerprint density at radius 3 is 2.26 bits per heavy atom. The molecule has 1 aliphatic heterocycles. The zero-order valence-corrected chi connectivity index (χ0v) is 11.8. The Kier molecular flexibility index (Phi) is 4.32. The Balaban J connectivity index is 1.83. The van der Waals surface area contributed by atoms with Gasteiger partial charge in [0.1, 0.15) is 0 Å². The van der Waals surface area contributed by atoms with Crippen molar-refractivity contribution in [2.24, 2.45) is 17.8 Å². The molecule has 2 rings (SSSR count). The van der Waals surface area contributed by atoms with Crippen LogP contribution in [0, 0.1) is 17.8 Å². The third-order valence-electron chi connectivity index (χ3n) is 4.27. The quantitative estimate of drug-likeness (QED) is 0.804. The van der Waals surface area contributed by atoms with Gasteiger partial charge in [0.25, 0.3) is 0 Å². The van der Waals surface area contributed by atoms with Crippen LogP contribution in [0.3, 0.4) is 0 Å². The minimum atomic E-state index is -0.739. The first-order valence-corrected chi connectivity index (χ1v) is 7.24. The highest BCUT2D eigenvalue weighted by atomic mass is 16.4. The molecule has 19 heavy (non-hydrogen) atoms. The van der Waals surface area contributed by atoms with Crippen molar-refractivity contribution < 1.29 is 14.7 Å². The number of aliphatic carboxylic acids is 1. The molecule has 5 nitrogen and oxygen atoms in total. The van der Waals surface area contributed by atoms with Gasteiger partial charge >= 0.3 is 12.0 Å². The average Bonchev–Trinajstić information content (AvgIpc) is 2.76. The molecule has 108 valence electrons. The van der Waals surface area contributed by atoms with Crippen LogP contribution in [-0.4, -0.2) is 41.1 Å². The highest BCUT2D eigenvalue weighted by molar-refractivity contribution is 5.75. The topological polar surface area (TPSA) is 69.6 Å². The van der Waals surface area contributed by atoms with Crippen molar-refractivity contribution in [3.8, 4) is 0 Å². The minimum Gasteiger partial charge on any atom is -0.481 e. The van der Waals surface area contributed by atoms with E-state index in [1.165, 1.54) is 6.42 Å². The lowest BCUT2D eigenvalue weighted by atomic mass is 9.92. The van der Waals surface area contributed by atoms with Gasteiger partial charge in [-0.2, -0.15) is 0 Å². The fourth-order valence-corrected chi connectivity index (χ4v) is 3.43. The number of carboxylic acid groups (broad SMARTS) is 1. The minimum absolute atomic E-state index is 0.0190. The van der Waals surface area contributed by atoms with Crippen molar-refractivity contribution in [2.45, 2.75) is 45.6 Å². The Labute approximate surface area is 114 Å². The average molecular weight is 268 g/mol. The molecule has 1 saturated heterocycles. The van der Waals surface area contributed by atoms with Gasteiger partial charge in [0.15, 0.2) is 0 Å². The van der Waals surface area contributed by atoms with E-state index in [1.54, 1.807) is 0 Å².